The minimum atomic E-state index is 0.201. The van der Waals surface area contributed by atoms with Gasteiger partial charge in [0, 0.05) is 22.4 Å². The van der Waals surface area contributed by atoms with Crippen molar-refractivity contribution in [2.45, 2.75) is 0 Å². The summed E-state index contributed by atoms with van der Waals surface area (Å²) >= 11 is 0. The molecular formula is C19H13NO2. The molecule has 0 fully saturated rings. The molecule has 106 valence electrons. The van der Waals surface area contributed by atoms with Crippen LogP contribution in [0.4, 0.5) is 0 Å². The molecule has 0 aliphatic heterocycles. The molecule has 0 aliphatic carbocycles. The van der Waals surface area contributed by atoms with Crippen LogP contribution in [0.3, 0.4) is 0 Å². The van der Waals surface area contributed by atoms with Gasteiger partial charge in [-0.1, -0.05) is 30.3 Å². The summed E-state index contributed by atoms with van der Waals surface area (Å²) in [5, 5.41) is 21.3. The summed E-state index contributed by atoms with van der Waals surface area (Å²) in [6.07, 6.45) is 0. The molecule has 3 nitrogen and oxygen atoms in total. The fraction of sp³-hybridized carbons (Fsp3) is 0. The van der Waals surface area contributed by atoms with Gasteiger partial charge in [0.05, 0.1) is 11.0 Å². The van der Waals surface area contributed by atoms with Crippen LogP contribution in [0.1, 0.15) is 0 Å². The third-order valence-corrected chi connectivity index (χ3v) is 3.82. The number of pyridine rings is 1. The van der Waals surface area contributed by atoms with Crippen molar-refractivity contribution in [1.29, 1.82) is 0 Å². The van der Waals surface area contributed by atoms with E-state index >= 15 is 0 Å². The molecule has 22 heavy (non-hydrogen) atoms. The predicted molar refractivity (Wildman–Crippen MR) is 88.0 cm³/mol. The highest BCUT2D eigenvalue weighted by atomic mass is 16.3. The first kappa shape index (κ1) is 12.7. The maximum atomic E-state index is 9.73. The Morgan fingerprint density at radius 2 is 1.32 bits per heavy atom. The number of hydrogen-bond donors (Lipinski definition) is 2. The topological polar surface area (TPSA) is 53.4 Å². The van der Waals surface area contributed by atoms with Crippen molar-refractivity contribution >= 4 is 21.8 Å². The Hall–Kier alpha value is -3.07. The van der Waals surface area contributed by atoms with E-state index in [1.807, 2.05) is 42.5 Å². The van der Waals surface area contributed by atoms with E-state index in [9.17, 15) is 10.2 Å². The minimum absolute atomic E-state index is 0.201. The first-order chi connectivity index (χ1) is 10.7. The third kappa shape index (κ3) is 1.95. The van der Waals surface area contributed by atoms with Gasteiger partial charge in [0.25, 0.3) is 0 Å². The number of para-hydroxylation sites is 1. The van der Waals surface area contributed by atoms with Gasteiger partial charge in [-0.3, -0.25) is 0 Å². The molecule has 4 aromatic rings. The van der Waals surface area contributed by atoms with Crippen LogP contribution in [0.2, 0.25) is 0 Å². The van der Waals surface area contributed by atoms with E-state index in [-0.39, 0.29) is 11.5 Å². The van der Waals surface area contributed by atoms with Crippen LogP contribution in [0, 0.1) is 0 Å². The zero-order valence-corrected chi connectivity index (χ0v) is 11.7. The number of aromatic hydroxyl groups is 2. The molecule has 0 saturated heterocycles. The fourth-order valence-electron chi connectivity index (χ4n) is 2.82. The van der Waals surface area contributed by atoms with E-state index in [4.69, 9.17) is 0 Å². The van der Waals surface area contributed by atoms with Crippen molar-refractivity contribution in [3.8, 4) is 22.6 Å². The molecule has 0 spiro atoms. The van der Waals surface area contributed by atoms with Crippen molar-refractivity contribution in [1.82, 2.24) is 4.98 Å². The number of phenols is 2. The third-order valence-electron chi connectivity index (χ3n) is 3.82. The summed E-state index contributed by atoms with van der Waals surface area (Å²) in [6, 6.07) is 20.3. The highest BCUT2D eigenvalue weighted by Gasteiger charge is 2.11. The van der Waals surface area contributed by atoms with Gasteiger partial charge in [-0.2, -0.15) is 0 Å². The predicted octanol–water partition coefficient (Wildman–Crippen LogP) is 4.47. The standard InChI is InChI=1S/C19H13NO2/c21-13-7-5-12(6-8-13)19-15-3-1-2-4-17(15)20-18-11-14(22)9-10-16(18)19/h1-11,21-22H. The molecule has 0 aliphatic rings. The van der Waals surface area contributed by atoms with Gasteiger partial charge in [-0.25, -0.2) is 4.98 Å². The molecule has 0 saturated carbocycles. The number of hydrogen-bond acceptors (Lipinski definition) is 3. The molecule has 4 rings (SSSR count). The van der Waals surface area contributed by atoms with Crippen molar-refractivity contribution in [2.24, 2.45) is 0 Å². The molecular weight excluding hydrogens is 274 g/mol. The highest BCUT2D eigenvalue weighted by Crippen LogP contribution is 2.36. The van der Waals surface area contributed by atoms with Crippen LogP contribution in [0.15, 0.2) is 66.7 Å². The zero-order valence-electron chi connectivity index (χ0n) is 11.7. The maximum Gasteiger partial charge on any atom is 0.117 e. The number of nitrogens with zero attached hydrogens (tertiary/aromatic N) is 1. The van der Waals surface area contributed by atoms with Gasteiger partial charge in [-0.15, -0.1) is 0 Å². The Morgan fingerprint density at radius 3 is 2.14 bits per heavy atom. The maximum absolute atomic E-state index is 9.73. The molecule has 0 radical (unpaired) electrons. The summed E-state index contributed by atoms with van der Waals surface area (Å²) in [7, 11) is 0. The summed E-state index contributed by atoms with van der Waals surface area (Å²) in [6.45, 7) is 0. The van der Waals surface area contributed by atoms with Crippen molar-refractivity contribution in [2.75, 3.05) is 0 Å². The molecule has 1 heterocycles. The number of benzene rings is 3. The lowest BCUT2D eigenvalue weighted by Crippen LogP contribution is -1.88. The molecule has 2 N–H and O–H groups in total. The average Bonchev–Trinajstić information content (AvgIpc) is 2.53. The number of aromatic nitrogens is 1. The summed E-state index contributed by atoms with van der Waals surface area (Å²) < 4.78 is 0. The summed E-state index contributed by atoms with van der Waals surface area (Å²) in [5.41, 5.74) is 3.69. The van der Waals surface area contributed by atoms with Crippen LogP contribution in [0.25, 0.3) is 32.9 Å². The van der Waals surface area contributed by atoms with Crippen molar-refractivity contribution in [3.63, 3.8) is 0 Å². The average molecular weight is 287 g/mol. The zero-order chi connectivity index (χ0) is 15.1. The van der Waals surface area contributed by atoms with E-state index in [0.29, 0.717) is 0 Å². The Balaban J connectivity index is 2.18. The quantitative estimate of drug-likeness (QED) is 0.508. The molecule has 1 aromatic heterocycles. The molecule has 0 amide bonds. The van der Waals surface area contributed by atoms with Crippen LogP contribution >= 0.6 is 0 Å². The van der Waals surface area contributed by atoms with E-state index in [1.165, 1.54) is 0 Å². The van der Waals surface area contributed by atoms with Gasteiger partial charge in [0.1, 0.15) is 11.5 Å². The molecule has 3 heteroatoms. The van der Waals surface area contributed by atoms with Crippen LogP contribution in [-0.4, -0.2) is 15.2 Å². The smallest absolute Gasteiger partial charge is 0.117 e. The van der Waals surface area contributed by atoms with Crippen LogP contribution < -0.4 is 0 Å². The lowest BCUT2D eigenvalue weighted by Gasteiger charge is -2.11. The first-order valence-electron chi connectivity index (χ1n) is 7.03. The number of fused-ring (bicyclic) bond motifs is 2. The fourth-order valence-corrected chi connectivity index (χ4v) is 2.82. The second kappa shape index (κ2) is 4.74. The van der Waals surface area contributed by atoms with Crippen LogP contribution in [-0.2, 0) is 0 Å². The van der Waals surface area contributed by atoms with E-state index in [2.05, 4.69) is 4.98 Å². The first-order valence-corrected chi connectivity index (χ1v) is 7.03. The summed E-state index contributed by atoms with van der Waals surface area (Å²) in [5.74, 6) is 0.441. The van der Waals surface area contributed by atoms with Gasteiger partial charge < -0.3 is 10.2 Å². The molecule has 0 atom stereocenters. The molecule has 3 aromatic carbocycles. The van der Waals surface area contributed by atoms with Gasteiger partial charge >= 0.3 is 0 Å². The highest BCUT2D eigenvalue weighted by molar-refractivity contribution is 6.09. The minimum Gasteiger partial charge on any atom is -0.508 e. The van der Waals surface area contributed by atoms with Crippen molar-refractivity contribution < 1.29 is 10.2 Å². The monoisotopic (exact) mass is 287 g/mol. The Kier molecular flexibility index (Phi) is 2.73. The second-order valence-electron chi connectivity index (χ2n) is 5.25. The lowest BCUT2D eigenvalue weighted by molar-refractivity contribution is 0.475. The van der Waals surface area contributed by atoms with Gasteiger partial charge in [-0.05, 0) is 35.9 Å². The summed E-state index contributed by atoms with van der Waals surface area (Å²) in [4.78, 5) is 4.63. The molecule has 0 unspecified atom stereocenters. The Labute approximate surface area is 127 Å². The van der Waals surface area contributed by atoms with E-state index in [0.717, 1.165) is 32.9 Å². The van der Waals surface area contributed by atoms with Crippen molar-refractivity contribution in [3.05, 3.63) is 66.7 Å². The van der Waals surface area contributed by atoms with Gasteiger partial charge in [0.2, 0.25) is 0 Å². The Morgan fingerprint density at radius 1 is 0.636 bits per heavy atom. The largest absolute Gasteiger partial charge is 0.508 e. The van der Waals surface area contributed by atoms with Gasteiger partial charge in [0.15, 0.2) is 0 Å². The second-order valence-corrected chi connectivity index (χ2v) is 5.25. The number of phenolic OH excluding ortho intramolecular Hbond substituents is 2. The molecule has 0 bridgehead atoms. The van der Waals surface area contributed by atoms with E-state index < -0.39 is 0 Å². The SMILES string of the molecule is Oc1ccc(-c2c3ccccc3nc3cc(O)ccc23)cc1. The lowest BCUT2D eigenvalue weighted by atomic mass is 9.96. The number of rotatable bonds is 1. The van der Waals surface area contributed by atoms with Crippen LogP contribution in [0.5, 0.6) is 11.5 Å². The normalized spacial score (nSPS) is 11.1. The van der Waals surface area contributed by atoms with E-state index in [1.54, 1.807) is 24.3 Å². The Bertz CT molecular complexity index is 991.